The van der Waals surface area contributed by atoms with Crippen molar-refractivity contribution < 1.29 is 0 Å². The number of guanidine groups is 1. The largest absolute Gasteiger partial charge is 0.370 e. The first-order valence-corrected chi connectivity index (χ1v) is 6.50. The Morgan fingerprint density at radius 2 is 2.16 bits per heavy atom. The molecule has 0 radical (unpaired) electrons. The molecule has 0 aliphatic heterocycles. The van der Waals surface area contributed by atoms with Crippen LogP contribution in [0.1, 0.15) is 12.6 Å². The fourth-order valence-corrected chi connectivity index (χ4v) is 2.73. The first kappa shape index (κ1) is 13.2. The number of aromatic nitrogens is 1. The highest BCUT2D eigenvalue weighted by atomic mass is 32.1. The lowest BCUT2D eigenvalue weighted by Crippen LogP contribution is -2.20. The van der Waals surface area contributed by atoms with Crippen molar-refractivity contribution in [2.45, 2.75) is 13.3 Å². The summed E-state index contributed by atoms with van der Waals surface area (Å²) in [6.45, 7) is 2.01. The van der Waals surface area contributed by atoms with E-state index in [1.165, 1.54) is 11.3 Å². The molecule has 7 heteroatoms. The molecule has 0 atom stereocenters. The van der Waals surface area contributed by atoms with E-state index in [4.69, 9.17) is 11.1 Å². The minimum atomic E-state index is -0.136. The first-order valence-electron chi connectivity index (χ1n) is 5.68. The average molecular weight is 275 g/mol. The van der Waals surface area contributed by atoms with Gasteiger partial charge >= 0.3 is 0 Å². The van der Waals surface area contributed by atoms with Crippen molar-refractivity contribution in [1.82, 2.24) is 4.98 Å². The maximum atomic E-state index is 10.4. The van der Waals surface area contributed by atoms with Crippen LogP contribution < -0.4 is 11.1 Å². The SMILES string of the molecule is CCc1nc(NC(=N)N)sc1-c1ccc(N=O)cc1. The molecule has 0 unspecified atom stereocenters. The molecule has 0 aliphatic rings. The van der Waals surface area contributed by atoms with E-state index in [9.17, 15) is 4.91 Å². The minimum Gasteiger partial charge on any atom is -0.370 e. The summed E-state index contributed by atoms with van der Waals surface area (Å²) in [6, 6.07) is 7.00. The molecule has 0 amide bonds. The molecular formula is C12H13N5OS. The second-order valence-corrected chi connectivity index (χ2v) is 4.82. The molecule has 98 valence electrons. The summed E-state index contributed by atoms with van der Waals surface area (Å²) in [7, 11) is 0. The Balaban J connectivity index is 2.38. The highest BCUT2D eigenvalue weighted by Crippen LogP contribution is 2.34. The molecule has 0 spiro atoms. The number of anilines is 1. The summed E-state index contributed by atoms with van der Waals surface area (Å²) in [5.41, 5.74) is 7.59. The highest BCUT2D eigenvalue weighted by molar-refractivity contribution is 7.19. The Kier molecular flexibility index (Phi) is 3.86. The van der Waals surface area contributed by atoms with E-state index in [2.05, 4.69) is 15.5 Å². The van der Waals surface area contributed by atoms with Gasteiger partial charge in [0.1, 0.15) is 5.69 Å². The van der Waals surface area contributed by atoms with Crippen molar-refractivity contribution in [3.8, 4) is 10.4 Å². The van der Waals surface area contributed by atoms with Crippen LogP contribution in [0.2, 0.25) is 0 Å². The standard InChI is InChI=1S/C12H13N5OS/c1-2-9-10(19-12(15-9)16-11(13)14)7-3-5-8(17-18)6-4-7/h3-6H,2H2,1H3,(H4,13,14,15,16). The molecular weight excluding hydrogens is 262 g/mol. The summed E-state index contributed by atoms with van der Waals surface area (Å²) in [5, 5.41) is 13.4. The third-order valence-corrected chi connectivity index (χ3v) is 3.57. The molecule has 0 bridgehead atoms. The van der Waals surface area contributed by atoms with Gasteiger partial charge in [-0.25, -0.2) is 4.98 Å². The van der Waals surface area contributed by atoms with Crippen molar-refractivity contribution in [2.24, 2.45) is 10.9 Å². The molecule has 2 aromatic rings. The van der Waals surface area contributed by atoms with Gasteiger partial charge in [-0.15, -0.1) is 4.91 Å². The molecule has 0 saturated heterocycles. The Bertz CT molecular complexity index is 605. The van der Waals surface area contributed by atoms with Crippen molar-refractivity contribution >= 4 is 28.1 Å². The number of thiazole rings is 1. The van der Waals surface area contributed by atoms with Crippen molar-refractivity contribution in [3.05, 3.63) is 34.9 Å². The molecule has 4 N–H and O–H groups in total. The van der Waals surface area contributed by atoms with Crippen LogP contribution in [0.25, 0.3) is 10.4 Å². The van der Waals surface area contributed by atoms with Crippen LogP contribution in [0, 0.1) is 10.3 Å². The number of aryl methyl sites for hydroxylation is 1. The van der Waals surface area contributed by atoms with Crippen LogP contribution in [0.4, 0.5) is 10.8 Å². The lowest BCUT2D eigenvalue weighted by molar-refractivity contribution is 1.07. The summed E-state index contributed by atoms with van der Waals surface area (Å²) < 4.78 is 0. The molecule has 6 nitrogen and oxygen atoms in total. The van der Waals surface area contributed by atoms with E-state index in [1.807, 2.05) is 19.1 Å². The second kappa shape index (κ2) is 5.57. The lowest BCUT2D eigenvalue weighted by atomic mass is 10.1. The average Bonchev–Trinajstić information content (AvgIpc) is 2.81. The Hall–Kier alpha value is -2.28. The Morgan fingerprint density at radius 1 is 1.47 bits per heavy atom. The van der Waals surface area contributed by atoms with Crippen LogP contribution in [0.5, 0.6) is 0 Å². The zero-order chi connectivity index (χ0) is 13.8. The van der Waals surface area contributed by atoms with Crippen molar-refractivity contribution in [1.29, 1.82) is 5.41 Å². The third-order valence-electron chi connectivity index (χ3n) is 2.51. The van der Waals surface area contributed by atoms with Crippen LogP contribution in [-0.4, -0.2) is 10.9 Å². The first-order chi connectivity index (χ1) is 9.13. The Labute approximate surface area is 114 Å². The summed E-state index contributed by atoms with van der Waals surface area (Å²) in [4.78, 5) is 15.8. The minimum absolute atomic E-state index is 0.136. The number of hydrogen-bond donors (Lipinski definition) is 3. The fraction of sp³-hybridized carbons (Fsp3) is 0.167. The van der Waals surface area contributed by atoms with E-state index in [0.717, 1.165) is 22.6 Å². The molecule has 0 aliphatic carbocycles. The number of rotatable bonds is 4. The van der Waals surface area contributed by atoms with E-state index in [0.29, 0.717) is 10.8 Å². The van der Waals surface area contributed by atoms with Gasteiger partial charge in [-0.05, 0) is 29.3 Å². The molecule has 0 fully saturated rings. The monoisotopic (exact) mass is 275 g/mol. The zero-order valence-electron chi connectivity index (χ0n) is 10.3. The van der Waals surface area contributed by atoms with E-state index in [1.54, 1.807) is 12.1 Å². The van der Waals surface area contributed by atoms with Gasteiger partial charge < -0.3 is 11.1 Å². The summed E-state index contributed by atoms with van der Waals surface area (Å²) in [6.07, 6.45) is 0.777. The van der Waals surface area contributed by atoms with Gasteiger partial charge in [0.2, 0.25) is 0 Å². The molecule has 0 saturated carbocycles. The smallest absolute Gasteiger partial charge is 0.192 e. The summed E-state index contributed by atoms with van der Waals surface area (Å²) in [5.74, 6) is -0.136. The van der Waals surface area contributed by atoms with E-state index < -0.39 is 0 Å². The van der Waals surface area contributed by atoms with Crippen molar-refractivity contribution in [3.63, 3.8) is 0 Å². The van der Waals surface area contributed by atoms with Gasteiger partial charge in [-0.1, -0.05) is 30.4 Å². The highest BCUT2D eigenvalue weighted by Gasteiger charge is 2.12. The number of hydrogen-bond acceptors (Lipinski definition) is 5. The predicted octanol–water partition coefficient (Wildman–Crippen LogP) is 3.08. The molecule has 2 rings (SSSR count). The maximum Gasteiger partial charge on any atom is 0.192 e. The van der Waals surface area contributed by atoms with Gasteiger partial charge in [0.15, 0.2) is 11.1 Å². The van der Waals surface area contributed by atoms with Crippen molar-refractivity contribution in [2.75, 3.05) is 5.32 Å². The fourth-order valence-electron chi connectivity index (χ4n) is 1.66. The van der Waals surface area contributed by atoms with E-state index in [-0.39, 0.29) is 5.96 Å². The number of nitroso groups, excluding NO2 is 1. The zero-order valence-corrected chi connectivity index (χ0v) is 11.1. The molecule has 1 aromatic carbocycles. The second-order valence-electron chi connectivity index (χ2n) is 3.83. The normalized spacial score (nSPS) is 10.2. The maximum absolute atomic E-state index is 10.4. The third kappa shape index (κ3) is 2.94. The quantitative estimate of drug-likeness (QED) is 0.453. The number of nitrogens with zero attached hydrogens (tertiary/aromatic N) is 2. The molecule has 1 aromatic heterocycles. The van der Waals surface area contributed by atoms with Crippen LogP contribution in [-0.2, 0) is 6.42 Å². The van der Waals surface area contributed by atoms with E-state index >= 15 is 0 Å². The molecule has 1 heterocycles. The van der Waals surface area contributed by atoms with Crippen LogP contribution in [0.15, 0.2) is 29.4 Å². The van der Waals surface area contributed by atoms with Crippen LogP contribution >= 0.6 is 11.3 Å². The lowest BCUT2D eigenvalue weighted by Gasteiger charge is -1.99. The van der Waals surface area contributed by atoms with Gasteiger partial charge in [0.05, 0.1) is 10.6 Å². The number of nitrogens with two attached hydrogens (primary N) is 1. The van der Waals surface area contributed by atoms with Gasteiger partial charge in [0.25, 0.3) is 0 Å². The number of benzene rings is 1. The van der Waals surface area contributed by atoms with Gasteiger partial charge in [-0.3, -0.25) is 5.41 Å². The number of nitrogens with one attached hydrogen (secondary N) is 2. The van der Waals surface area contributed by atoms with Gasteiger partial charge in [-0.2, -0.15) is 0 Å². The van der Waals surface area contributed by atoms with Gasteiger partial charge in [0, 0.05) is 0 Å². The predicted molar refractivity (Wildman–Crippen MR) is 77.9 cm³/mol. The Morgan fingerprint density at radius 3 is 2.68 bits per heavy atom. The molecule has 19 heavy (non-hydrogen) atoms. The van der Waals surface area contributed by atoms with Crippen LogP contribution in [0.3, 0.4) is 0 Å². The summed E-state index contributed by atoms with van der Waals surface area (Å²) >= 11 is 1.43. The topological polar surface area (TPSA) is 104 Å².